The molecule has 2 unspecified atom stereocenters. The fourth-order valence-corrected chi connectivity index (χ4v) is 2.12. The Labute approximate surface area is 103 Å². The lowest BCUT2D eigenvalue weighted by Gasteiger charge is -2.24. The van der Waals surface area contributed by atoms with Gasteiger partial charge in [-0.25, -0.2) is 0 Å². The fourth-order valence-electron chi connectivity index (χ4n) is 2.12. The van der Waals surface area contributed by atoms with Crippen molar-refractivity contribution in [3.63, 3.8) is 0 Å². The number of hydrogen-bond donors (Lipinski definition) is 1. The van der Waals surface area contributed by atoms with Crippen molar-refractivity contribution in [2.45, 2.75) is 26.8 Å². The molecule has 1 aromatic carbocycles. The molecule has 17 heavy (non-hydrogen) atoms. The zero-order valence-electron chi connectivity index (χ0n) is 10.7. The highest BCUT2D eigenvalue weighted by atomic mass is 14.7. The number of aromatic nitrogens is 1. The summed E-state index contributed by atoms with van der Waals surface area (Å²) in [6.45, 7) is 6.65. The van der Waals surface area contributed by atoms with Gasteiger partial charge in [-0.15, -0.1) is 0 Å². The van der Waals surface area contributed by atoms with Gasteiger partial charge in [0, 0.05) is 17.6 Å². The Morgan fingerprint density at radius 2 is 1.82 bits per heavy atom. The summed E-state index contributed by atoms with van der Waals surface area (Å²) in [5.41, 5.74) is 8.61. The molecular weight excluding hydrogens is 208 g/mol. The Hall–Kier alpha value is -1.41. The molecular formula is C15H20N2. The second-order valence-corrected chi connectivity index (χ2v) is 5.05. The molecule has 0 fully saturated rings. The molecule has 0 bridgehead atoms. The molecule has 0 aliphatic rings. The normalized spacial score (nSPS) is 15.1. The largest absolute Gasteiger partial charge is 0.324 e. The van der Waals surface area contributed by atoms with Crippen LogP contribution in [0.25, 0.3) is 10.9 Å². The maximum absolute atomic E-state index is 6.38. The van der Waals surface area contributed by atoms with E-state index in [1.807, 2.05) is 24.4 Å². The van der Waals surface area contributed by atoms with Gasteiger partial charge >= 0.3 is 0 Å². The molecule has 2 rings (SSSR count). The van der Waals surface area contributed by atoms with Crippen LogP contribution in [0.15, 0.2) is 36.5 Å². The minimum atomic E-state index is 0.0721. The van der Waals surface area contributed by atoms with E-state index in [-0.39, 0.29) is 6.04 Å². The Balaban J connectivity index is 2.48. The molecule has 1 aromatic heterocycles. The van der Waals surface area contributed by atoms with Crippen molar-refractivity contribution in [1.29, 1.82) is 0 Å². The molecule has 2 atom stereocenters. The standard InChI is InChI=1S/C15H20N2/c1-10(2)11(3)15(16)13-6-4-8-14-12(13)7-5-9-17-14/h4-11,15H,16H2,1-3H3. The predicted molar refractivity (Wildman–Crippen MR) is 72.7 cm³/mol. The second kappa shape index (κ2) is 4.84. The first-order valence-corrected chi connectivity index (χ1v) is 6.20. The lowest BCUT2D eigenvalue weighted by molar-refractivity contribution is 0.353. The minimum Gasteiger partial charge on any atom is -0.324 e. The van der Waals surface area contributed by atoms with Gasteiger partial charge in [-0.2, -0.15) is 0 Å². The van der Waals surface area contributed by atoms with Crippen molar-refractivity contribution in [2.24, 2.45) is 17.6 Å². The van der Waals surface area contributed by atoms with Gasteiger partial charge in [-0.05, 0) is 29.5 Å². The van der Waals surface area contributed by atoms with E-state index in [1.165, 1.54) is 10.9 Å². The van der Waals surface area contributed by atoms with Gasteiger partial charge in [0.15, 0.2) is 0 Å². The first kappa shape index (κ1) is 12.1. The van der Waals surface area contributed by atoms with Gasteiger partial charge in [0.2, 0.25) is 0 Å². The quantitative estimate of drug-likeness (QED) is 0.872. The van der Waals surface area contributed by atoms with Crippen LogP contribution in [0.3, 0.4) is 0 Å². The van der Waals surface area contributed by atoms with E-state index in [1.54, 1.807) is 0 Å². The van der Waals surface area contributed by atoms with Gasteiger partial charge in [-0.1, -0.05) is 39.0 Å². The molecule has 0 spiro atoms. The highest BCUT2D eigenvalue weighted by molar-refractivity contribution is 5.82. The third-order valence-corrected chi connectivity index (χ3v) is 3.66. The number of fused-ring (bicyclic) bond motifs is 1. The van der Waals surface area contributed by atoms with Crippen LogP contribution in [0.1, 0.15) is 32.4 Å². The lowest BCUT2D eigenvalue weighted by Crippen LogP contribution is -2.23. The molecule has 0 radical (unpaired) electrons. The van der Waals surface area contributed by atoms with Crippen molar-refractivity contribution >= 4 is 10.9 Å². The average Bonchev–Trinajstić information content (AvgIpc) is 2.36. The zero-order chi connectivity index (χ0) is 12.4. The summed E-state index contributed by atoms with van der Waals surface area (Å²) < 4.78 is 0. The fraction of sp³-hybridized carbons (Fsp3) is 0.400. The van der Waals surface area contributed by atoms with Crippen LogP contribution in [-0.4, -0.2) is 4.98 Å². The van der Waals surface area contributed by atoms with Crippen LogP contribution >= 0.6 is 0 Å². The number of benzene rings is 1. The summed E-state index contributed by atoms with van der Waals surface area (Å²) >= 11 is 0. The van der Waals surface area contributed by atoms with Crippen molar-refractivity contribution in [3.8, 4) is 0 Å². The molecule has 0 saturated heterocycles. The highest BCUT2D eigenvalue weighted by Gasteiger charge is 2.19. The van der Waals surface area contributed by atoms with Crippen molar-refractivity contribution in [3.05, 3.63) is 42.1 Å². The average molecular weight is 228 g/mol. The van der Waals surface area contributed by atoms with Crippen LogP contribution in [0.2, 0.25) is 0 Å². The van der Waals surface area contributed by atoms with Crippen LogP contribution in [0.5, 0.6) is 0 Å². The Morgan fingerprint density at radius 1 is 1.06 bits per heavy atom. The summed E-state index contributed by atoms with van der Waals surface area (Å²) in [6.07, 6.45) is 1.82. The summed E-state index contributed by atoms with van der Waals surface area (Å²) in [7, 11) is 0. The van der Waals surface area contributed by atoms with Gasteiger partial charge in [0.05, 0.1) is 5.52 Å². The van der Waals surface area contributed by atoms with Crippen LogP contribution in [0, 0.1) is 11.8 Å². The number of nitrogens with zero attached hydrogens (tertiary/aromatic N) is 1. The Morgan fingerprint density at radius 3 is 2.53 bits per heavy atom. The Bertz CT molecular complexity index is 500. The lowest BCUT2D eigenvalue weighted by atomic mass is 9.85. The van der Waals surface area contributed by atoms with Gasteiger partial charge in [-0.3, -0.25) is 4.98 Å². The van der Waals surface area contributed by atoms with E-state index < -0.39 is 0 Å². The third-order valence-electron chi connectivity index (χ3n) is 3.66. The summed E-state index contributed by atoms with van der Waals surface area (Å²) in [6, 6.07) is 10.3. The number of pyridine rings is 1. The molecule has 0 amide bonds. The van der Waals surface area contributed by atoms with E-state index in [0.717, 1.165) is 5.52 Å². The van der Waals surface area contributed by atoms with E-state index in [9.17, 15) is 0 Å². The van der Waals surface area contributed by atoms with Crippen molar-refractivity contribution in [1.82, 2.24) is 4.98 Å². The number of nitrogens with two attached hydrogens (primary N) is 1. The third kappa shape index (κ3) is 2.32. The molecule has 2 nitrogen and oxygen atoms in total. The molecule has 90 valence electrons. The summed E-state index contributed by atoms with van der Waals surface area (Å²) in [5.74, 6) is 1.04. The molecule has 2 N–H and O–H groups in total. The van der Waals surface area contributed by atoms with Crippen LogP contribution in [0.4, 0.5) is 0 Å². The van der Waals surface area contributed by atoms with E-state index in [4.69, 9.17) is 5.73 Å². The topological polar surface area (TPSA) is 38.9 Å². The summed E-state index contributed by atoms with van der Waals surface area (Å²) in [4.78, 5) is 4.37. The van der Waals surface area contributed by atoms with Gasteiger partial charge < -0.3 is 5.73 Å². The molecule has 0 saturated carbocycles. The van der Waals surface area contributed by atoms with Crippen LogP contribution in [-0.2, 0) is 0 Å². The maximum atomic E-state index is 6.38. The minimum absolute atomic E-state index is 0.0721. The number of rotatable bonds is 3. The van der Waals surface area contributed by atoms with E-state index in [2.05, 4.69) is 37.9 Å². The first-order chi connectivity index (χ1) is 8.11. The summed E-state index contributed by atoms with van der Waals surface area (Å²) in [5, 5.41) is 1.18. The second-order valence-electron chi connectivity index (χ2n) is 5.05. The molecule has 2 heteroatoms. The van der Waals surface area contributed by atoms with E-state index in [0.29, 0.717) is 11.8 Å². The van der Waals surface area contributed by atoms with Gasteiger partial charge in [0.25, 0.3) is 0 Å². The molecule has 1 heterocycles. The smallest absolute Gasteiger partial charge is 0.0705 e. The molecule has 2 aromatic rings. The monoisotopic (exact) mass is 228 g/mol. The number of hydrogen-bond acceptors (Lipinski definition) is 2. The SMILES string of the molecule is CC(C)C(C)C(N)c1cccc2ncccc12. The maximum Gasteiger partial charge on any atom is 0.0705 e. The van der Waals surface area contributed by atoms with Crippen molar-refractivity contribution in [2.75, 3.05) is 0 Å². The highest BCUT2D eigenvalue weighted by Crippen LogP contribution is 2.29. The van der Waals surface area contributed by atoms with Crippen LogP contribution < -0.4 is 5.73 Å². The van der Waals surface area contributed by atoms with Crippen molar-refractivity contribution < 1.29 is 0 Å². The Kier molecular flexibility index (Phi) is 3.43. The predicted octanol–water partition coefficient (Wildman–Crippen LogP) is 3.53. The van der Waals surface area contributed by atoms with E-state index >= 15 is 0 Å². The van der Waals surface area contributed by atoms with Gasteiger partial charge in [0.1, 0.15) is 0 Å². The first-order valence-electron chi connectivity index (χ1n) is 6.20. The molecule has 0 aliphatic carbocycles. The zero-order valence-corrected chi connectivity index (χ0v) is 10.7. The molecule has 0 aliphatic heterocycles.